The maximum Gasteiger partial charge on any atom is 0.0294 e. The van der Waals surface area contributed by atoms with E-state index in [-0.39, 0.29) is 0 Å². The molecule has 2 aromatic carbocycles. The van der Waals surface area contributed by atoms with Crippen LogP contribution in [0.25, 0.3) is 0 Å². The van der Waals surface area contributed by atoms with Crippen LogP contribution in [-0.4, -0.2) is 0 Å². The Kier molecular flexibility index (Phi) is 5.38. The minimum Gasteiger partial charge on any atom is -0.306 e. The average molecular weight is 332 g/mol. The highest BCUT2D eigenvalue weighted by atomic mass is 79.9. The van der Waals surface area contributed by atoms with Gasteiger partial charge in [-0.25, -0.2) is 0 Å². The Bertz CT molecular complexity index is 546. The molecule has 0 aliphatic rings. The molecule has 0 heterocycles. The summed E-state index contributed by atoms with van der Waals surface area (Å²) >= 11 is 3.59. The Morgan fingerprint density at radius 2 is 1.50 bits per heavy atom. The van der Waals surface area contributed by atoms with Crippen LogP contribution >= 0.6 is 15.9 Å². The van der Waals surface area contributed by atoms with Crippen molar-refractivity contribution in [2.75, 3.05) is 0 Å². The van der Waals surface area contributed by atoms with Crippen LogP contribution in [0.2, 0.25) is 0 Å². The lowest BCUT2D eigenvalue weighted by Gasteiger charge is -2.16. The van der Waals surface area contributed by atoms with Gasteiger partial charge in [0.05, 0.1) is 0 Å². The average Bonchev–Trinajstić information content (AvgIpc) is 2.46. The minimum absolute atomic E-state index is 0.350. The van der Waals surface area contributed by atoms with Gasteiger partial charge in [0.2, 0.25) is 0 Å². The summed E-state index contributed by atoms with van der Waals surface area (Å²) in [7, 11) is 0. The van der Waals surface area contributed by atoms with Crippen LogP contribution in [0.5, 0.6) is 0 Å². The topological polar surface area (TPSA) is 12.0 Å². The summed E-state index contributed by atoms with van der Waals surface area (Å²) in [6.07, 6.45) is 0. The molecule has 2 heteroatoms. The highest BCUT2D eigenvalue weighted by Gasteiger charge is 2.07. The van der Waals surface area contributed by atoms with Gasteiger partial charge in [-0.15, -0.1) is 0 Å². The van der Waals surface area contributed by atoms with Gasteiger partial charge in [-0.05, 0) is 35.6 Å². The molecule has 0 fully saturated rings. The maximum atomic E-state index is 3.59. The first-order valence-corrected chi connectivity index (χ1v) is 7.94. The lowest BCUT2D eigenvalue weighted by Crippen LogP contribution is -2.18. The third kappa shape index (κ3) is 3.94. The van der Waals surface area contributed by atoms with Crippen molar-refractivity contribution in [2.45, 2.75) is 39.3 Å². The van der Waals surface area contributed by atoms with Crippen LogP contribution in [0.15, 0.2) is 53.0 Å². The normalized spacial score (nSPS) is 12.7. The second-order valence-corrected chi connectivity index (χ2v) is 6.37. The van der Waals surface area contributed by atoms with Gasteiger partial charge in [0.1, 0.15) is 0 Å². The molecule has 0 aliphatic heterocycles. The molecule has 0 spiro atoms. The number of halogens is 1. The molecule has 0 aromatic heterocycles. The Balaban J connectivity index is 1.98. The molecular weight excluding hydrogens is 310 g/mol. The van der Waals surface area contributed by atoms with E-state index >= 15 is 0 Å². The monoisotopic (exact) mass is 331 g/mol. The number of rotatable bonds is 5. The van der Waals surface area contributed by atoms with Crippen molar-refractivity contribution in [1.82, 2.24) is 5.32 Å². The minimum atomic E-state index is 0.350. The summed E-state index contributed by atoms with van der Waals surface area (Å²) in [4.78, 5) is 0. The molecule has 0 radical (unpaired) electrons. The van der Waals surface area contributed by atoms with Crippen LogP contribution in [0, 0.1) is 0 Å². The van der Waals surface area contributed by atoms with Crippen LogP contribution in [0.3, 0.4) is 0 Å². The SMILES string of the molecule is CC(C)c1ccc(C(C)NCc2ccccc2Br)cc1. The molecule has 20 heavy (non-hydrogen) atoms. The van der Waals surface area contributed by atoms with E-state index in [0.29, 0.717) is 12.0 Å². The van der Waals surface area contributed by atoms with Crippen molar-refractivity contribution in [3.05, 3.63) is 69.7 Å². The van der Waals surface area contributed by atoms with Crippen molar-refractivity contribution < 1.29 is 0 Å². The lowest BCUT2D eigenvalue weighted by atomic mass is 9.99. The zero-order valence-corrected chi connectivity index (χ0v) is 13.9. The second kappa shape index (κ2) is 7.05. The Hall–Kier alpha value is -1.12. The molecule has 1 nitrogen and oxygen atoms in total. The van der Waals surface area contributed by atoms with E-state index in [0.717, 1.165) is 11.0 Å². The van der Waals surface area contributed by atoms with Gasteiger partial charge in [-0.3, -0.25) is 0 Å². The van der Waals surface area contributed by atoms with Crippen molar-refractivity contribution in [3.63, 3.8) is 0 Å². The number of hydrogen-bond acceptors (Lipinski definition) is 1. The quantitative estimate of drug-likeness (QED) is 0.770. The van der Waals surface area contributed by atoms with E-state index < -0.39 is 0 Å². The van der Waals surface area contributed by atoms with Gasteiger partial charge in [-0.2, -0.15) is 0 Å². The summed E-state index contributed by atoms with van der Waals surface area (Å²) in [6.45, 7) is 7.53. The van der Waals surface area contributed by atoms with Gasteiger partial charge >= 0.3 is 0 Å². The standard InChI is InChI=1S/C18H22BrN/c1-13(2)15-8-10-16(11-9-15)14(3)20-12-17-6-4-5-7-18(17)19/h4-11,13-14,20H,12H2,1-3H3. The van der Waals surface area contributed by atoms with E-state index in [1.807, 2.05) is 6.07 Å². The number of benzene rings is 2. The first kappa shape index (κ1) is 15.3. The summed E-state index contributed by atoms with van der Waals surface area (Å²) in [5.41, 5.74) is 4.02. The molecule has 1 N–H and O–H groups in total. The van der Waals surface area contributed by atoms with Crippen LogP contribution in [0.4, 0.5) is 0 Å². The van der Waals surface area contributed by atoms with Gasteiger partial charge in [0.15, 0.2) is 0 Å². The van der Waals surface area contributed by atoms with Crippen molar-refractivity contribution in [3.8, 4) is 0 Å². The van der Waals surface area contributed by atoms with E-state index in [1.165, 1.54) is 16.7 Å². The lowest BCUT2D eigenvalue weighted by molar-refractivity contribution is 0.573. The van der Waals surface area contributed by atoms with Crippen molar-refractivity contribution in [1.29, 1.82) is 0 Å². The summed E-state index contributed by atoms with van der Waals surface area (Å²) < 4.78 is 1.16. The van der Waals surface area contributed by atoms with Crippen LogP contribution in [0.1, 0.15) is 49.4 Å². The Morgan fingerprint density at radius 1 is 0.900 bits per heavy atom. The van der Waals surface area contributed by atoms with Gasteiger partial charge < -0.3 is 5.32 Å². The first-order valence-electron chi connectivity index (χ1n) is 7.14. The maximum absolute atomic E-state index is 3.59. The summed E-state index contributed by atoms with van der Waals surface area (Å²) in [5, 5.41) is 3.57. The Labute approximate surface area is 130 Å². The first-order chi connectivity index (χ1) is 9.58. The molecule has 0 bridgehead atoms. The molecule has 106 valence electrons. The molecule has 0 saturated carbocycles. The van der Waals surface area contributed by atoms with Crippen LogP contribution < -0.4 is 5.32 Å². The van der Waals surface area contributed by atoms with Crippen LogP contribution in [-0.2, 0) is 6.54 Å². The third-order valence-corrected chi connectivity index (χ3v) is 4.43. The van der Waals surface area contributed by atoms with E-state index in [9.17, 15) is 0 Å². The van der Waals surface area contributed by atoms with E-state index in [4.69, 9.17) is 0 Å². The fraction of sp³-hybridized carbons (Fsp3) is 0.333. The highest BCUT2D eigenvalue weighted by Crippen LogP contribution is 2.20. The smallest absolute Gasteiger partial charge is 0.0294 e. The Morgan fingerprint density at radius 3 is 2.10 bits per heavy atom. The number of hydrogen-bond donors (Lipinski definition) is 1. The zero-order chi connectivity index (χ0) is 14.5. The van der Waals surface area contributed by atoms with Crippen molar-refractivity contribution >= 4 is 15.9 Å². The van der Waals surface area contributed by atoms with E-state index in [1.54, 1.807) is 0 Å². The molecule has 0 aliphatic carbocycles. The van der Waals surface area contributed by atoms with Crippen molar-refractivity contribution in [2.24, 2.45) is 0 Å². The fourth-order valence-corrected chi connectivity index (χ4v) is 2.62. The predicted molar refractivity (Wildman–Crippen MR) is 89.9 cm³/mol. The van der Waals surface area contributed by atoms with Gasteiger partial charge in [-0.1, -0.05) is 72.2 Å². The molecule has 2 aromatic rings. The largest absolute Gasteiger partial charge is 0.306 e. The summed E-state index contributed by atoms with van der Waals surface area (Å²) in [6, 6.07) is 17.6. The third-order valence-electron chi connectivity index (χ3n) is 3.66. The highest BCUT2D eigenvalue weighted by molar-refractivity contribution is 9.10. The molecule has 1 unspecified atom stereocenters. The predicted octanol–water partition coefficient (Wildman–Crippen LogP) is 5.42. The zero-order valence-electron chi connectivity index (χ0n) is 12.4. The summed E-state index contributed by atoms with van der Waals surface area (Å²) in [5.74, 6) is 0.590. The number of nitrogens with one attached hydrogen (secondary N) is 1. The molecule has 1 atom stereocenters. The van der Waals surface area contributed by atoms with Gasteiger partial charge in [0, 0.05) is 17.1 Å². The second-order valence-electron chi connectivity index (χ2n) is 5.52. The molecular formula is C18H22BrN. The molecule has 0 saturated heterocycles. The fourth-order valence-electron chi connectivity index (χ4n) is 2.19. The molecule has 2 rings (SSSR count). The van der Waals surface area contributed by atoms with E-state index in [2.05, 4.69) is 84.5 Å². The molecule has 0 amide bonds. The van der Waals surface area contributed by atoms with Gasteiger partial charge in [0.25, 0.3) is 0 Å².